The third-order valence-electron chi connectivity index (χ3n) is 3.78. The maximum atomic E-state index is 13.0. The number of nitrogens with zero attached hydrogens (tertiary/aromatic N) is 2. The van der Waals surface area contributed by atoms with Crippen molar-refractivity contribution in [2.24, 2.45) is 0 Å². The van der Waals surface area contributed by atoms with E-state index in [4.69, 9.17) is 5.73 Å². The molecule has 3 rings (SSSR count). The molecule has 7 nitrogen and oxygen atoms in total. The number of non-ortho nitro benzene ring substituents is 1. The fraction of sp³-hybridized carbons (Fsp3) is 0. The van der Waals surface area contributed by atoms with E-state index in [0.29, 0.717) is 0 Å². The van der Waals surface area contributed by atoms with Crippen LogP contribution in [-0.2, 0) is 0 Å². The van der Waals surface area contributed by atoms with Crippen LogP contribution in [0.5, 0.6) is 0 Å². The maximum Gasteiger partial charge on any atom is 0.271 e. The Kier molecular flexibility index (Phi) is 4.32. The van der Waals surface area contributed by atoms with Gasteiger partial charge in [0.05, 0.1) is 16.2 Å². The van der Waals surface area contributed by atoms with Crippen molar-refractivity contribution < 1.29 is 14.1 Å². The van der Waals surface area contributed by atoms with Gasteiger partial charge in [0, 0.05) is 23.8 Å². The molecule has 0 aliphatic heterocycles. The van der Waals surface area contributed by atoms with Gasteiger partial charge >= 0.3 is 0 Å². The monoisotopic (exact) mass is 353 g/mol. The van der Waals surface area contributed by atoms with E-state index in [-0.39, 0.29) is 28.3 Å². The maximum absolute atomic E-state index is 13.0. The first-order chi connectivity index (χ1) is 12.4. The van der Waals surface area contributed by atoms with Crippen molar-refractivity contribution in [3.05, 3.63) is 98.1 Å². The van der Waals surface area contributed by atoms with E-state index in [0.717, 1.165) is 22.8 Å². The lowest BCUT2D eigenvalue weighted by Crippen LogP contribution is -2.23. The number of rotatable bonds is 4. The summed E-state index contributed by atoms with van der Waals surface area (Å²) in [5, 5.41) is 10.9. The second-order valence-electron chi connectivity index (χ2n) is 5.42. The Hall–Kier alpha value is -3.81. The van der Waals surface area contributed by atoms with Crippen LogP contribution in [0.25, 0.3) is 5.69 Å². The van der Waals surface area contributed by atoms with Gasteiger partial charge in [0.1, 0.15) is 11.6 Å². The van der Waals surface area contributed by atoms with Crippen molar-refractivity contribution in [3.8, 4) is 5.69 Å². The average Bonchev–Trinajstić information content (AvgIpc) is 2.62. The molecule has 0 saturated heterocycles. The zero-order valence-electron chi connectivity index (χ0n) is 13.3. The number of ketones is 1. The SMILES string of the molecule is Nc1c(C(=O)c2ccc(F)cc2)ccc(=O)n1-c1cccc([N+](=O)[O-])c1. The number of carbonyl (C=O) groups is 1. The molecule has 3 aromatic rings. The molecule has 130 valence electrons. The van der Waals surface area contributed by atoms with Crippen LogP contribution < -0.4 is 11.3 Å². The number of hydrogen-bond acceptors (Lipinski definition) is 5. The van der Waals surface area contributed by atoms with E-state index >= 15 is 0 Å². The molecule has 0 radical (unpaired) electrons. The van der Waals surface area contributed by atoms with Crippen LogP contribution in [0, 0.1) is 15.9 Å². The first kappa shape index (κ1) is 17.0. The molecule has 0 saturated carbocycles. The van der Waals surface area contributed by atoms with Gasteiger partial charge in [-0.25, -0.2) is 4.39 Å². The van der Waals surface area contributed by atoms with E-state index in [2.05, 4.69) is 0 Å². The van der Waals surface area contributed by atoms with Crippen molar-refractivity contribution in [1.82, 2.24) is 4.57 Å². The predicted molar refractivity (Wildman–Crippen MR) is 92.9 cm³/mol. The van der Waals surface area contributed by atoms with E-state index < -0.39 is 22.1 Å². The Balaban J connectivity index is 2.14. The third-order valence-corrected chi connectivity index (χ3v) is 3.78. The summed E-state index contributed by atoms with van der Waals surface area (Å²) >= 11 is 0. The van der Waals surface area contributed by atoms with Crippen LogP contribution in [0.4, 0.5) is 15.9 Å². The van der Waals surface area contributed by atoms with Gasteiger partial charge < -0.3 is 5.73 Å². The van der Waals surface area contributed by atoms with Crippen molar-refractivity contribution in [2.75, 3.05) is 5.73 Å². The summed E-state index contributed by atoms with van der Waals surface area (Å²) in [6, 6.07) is 12.6. The number of nitrogens with two attached hydrogens (primary N) is 1. The molecule has 8 heteroatoms. The van der Waals surface area contributed by atoms with Gasteiger partial charge in [-0.3, -0.25) is 24.3 Å². The number of anilines is 1. The standard InChI is InChI=1S/C18H12FN3O4/c19-12-6-4-11(5-7-12)17(24)15-8-9-16(23)21(18(15)20)13-2-1-3-14(10-13)22(25)26/h1-10H,20H2. The molecule has 0 aliphatic carbocycles. The molecule has 2 aromatic carbocycles. The lowest BCUT2D eigenvalue weighted by molar-refractivity contribution is -0.384. The molecule has 1 heterocycles. The first-order valence-corrected chi connectivity index (χ1v) is 7.45. The number of nitro groups is 1. The largest absolute Gasteiger partial charge is 0.384 e. The van der Waals surface area contributed by atoms with E-state index in [1.807, 2.05) is 0 Å². The number of aromatic nitrogens is 1. The molecule has 26 heavy (non-hydrogen) atoms. The fourth-order valence-electron chi connectivity index (χ4n) is 2.51. The zero-order chi connectivity index (χ0) is 18.8. The highest BCUT2D eigenvalue weighted by molar-refractivity contribution is 6.11. The highest BCUT2D eigenvalue weighted by atomic mass is 19.1. The Morgan fingerprint density at radius 2 is 1.77 bits per heavy atom. The van der Waals surface area contributed by atoms with Crippen molar-refractivity contribution in [2.45, 2.75) is 0 Å². The normalized spacial score (nSPS) is 10.5. The molecule has 0 amide bonds. The van der Waals surface area contributed by atoms with Crippen molar-refractivity contribution in [1.29, 1.82) is 0 Å². The predicted octanol–water partition coefficient (Wildman–Crippen LogP) is 2.70. The third kappa shape index (κ3) is 3.07. The van der Waals surface area contributed by atoms with Crippen LogP contribution in [0.15, 0.2) is 65.5 Å². The summed E-state index contributed by atoms with van der Waals surface area (Å²) in [5.74, 6) is -1.15. The Labute approximate surface area is 146 Å². The molecule has 0 atom stereocenters. The van der Waals surface area contributed by atoms with Gasteiger partial charge in [-0.2, -0.15) is 0 Å². The smallest absolute Gasteiger partial charge is 0.271 e. The summed E-state index contributed by atoms with van der Waals surface area (Å²) in [6.45, 7) is 0. The van der Waals surface area contributed by atoms with Crippen LogP contribution >= 0.6 is 0 Å². The number of nitrogen functional groups attached to an aromatic ring is 1. The van der Waals surface area contributed by atoms with Gasteiger partial charge in [-0.15, -0.1) is 0 Å². The van der Waals surface area contributed by atoms with Gasteiger partial charge in [0.2, 0.25) is 0 Å². The fourth-order valence-corrected chi connectivity index (χ4v) is 2.51. The quantitative estimate of drug-likeness (QED) is 0.441. The van der Waals surface area contributed by atoms with Crippen LogP contribution in [-0.4, -0.2) is 15.3 Å². The molecule has 0 aliphatic rings. The number of nitro benzene ring substituents is 1. The van der Waals surface area contributed by atoms with Gasteiger partial charge in [0.15, 0.2) is 5.78 Å². The van der Waals surface area contributed by atoms with Gasteiger partial charge in [-0.05, 0) is 36.4 Å². The summed E-state index contributed by atoms with van der Waals surface area (Å²) in [7, 11) is 0. The van der Waals surface area contributed by atoms with Gasteiger partial charge in [0.25, 0.3) is 11.2 Å². The number of hydrogen-bond donors (Lipinski definition) is 1. The summed E-state index contributed by atoms with van der Waals surface area (Å²) < 4.78 is 14.1. The first-order valence-electron chi connectivity index (χ1n) is 7.45. The Morgan fingerprint density at radius 1 is 1.08 bits per heavy atom. The molecular weight excluding hydrogens is 341 g/mol. The minimum absolute atomic E-state index is 0.0303. The Bertz CT molecular complexity index is 1070. The van der Waals surface area contributed by atoms with Crippen molar-refractivity contribution in [3.63, 3.8) is 0 Å². The highest BCUT2D eigenvalue weighted by Crippen LogP contribution is 2.21. The second kappa shape index (κ2) is 6.60. The minimum atomic E-state index is -0.599. The lowest BCUT2D eigenvalue weighted by Gasteiger charge is -2.13. The summed E-state index contributed by atoms with van der Waals surface area (Å²) in [6.07, 6.45) is 0. The molecular formula is C18H12FN3O4. The van der Waals surface area contributed by atoms with E-state index in [1.54, 1.807) is 0 Å². The van der Waals surface area contributed by atoms with Gasteiger partial charge in [-0.1, -0.05) is 6.07 Å². The highest BCUT2D eigenvalue weighted by Gasteiger charge is 2.18. The molecule has 1 aromatic heterocycles. The number of pyridine rings is 1. The number of halogens is 1. The summed E-state index contributed by atoms with van der Waals surface area (Å²) in [4.78, 5) is 35.2. The minimum Gasteiger partial charge on any atom is -0.384 e. The number of benzene rings is 2. The van der Waals surface area contributed by atoms with Crippen LogP contribution in [0.1, 0.15) is 15.9 Å². The second-order valence-corrected chi connectivity index (χ2v) is 5.42. The molecule has 0 unspecified atom stereocenters. The Morgan fingerprint density at radius 3 is 2.42 bits per heavy atom. The number of carbonyl (C=O) groups excluding carboxylic acids is 1. The molecule has 0 spiro atoms. The van der Waals surface area contributed by atoms with E-state index in [9.17, 15) is 24.1 Å². The molecule has 2 N–H and O–H groups in total. The lowest BCUT2D eigenvalue weighted by atomic mass is 10.0. The average molecular weight is 353 g/mol. The summed E-state index contributed by atoms with van der Waals surface area (Å²) in [5.41, 5.74) is 5.64. The van der Waals surface area contributed by atoms with Crippen LogP contribution in [0.2, 0.25) is 0 Å². The molecule has 0 fully saturated rings. The van der Waals surface area contributed by atoms with E-state index in [1.165, 1.54) is 42.5 Å². The topological polar surface area (TPSA) is 108 Å². The van der Waals surface area contributed by atoms with Crippen molar-refractivity contribution >= 4 is 17.3 Å². The van der Waals surface area contributed by atoms with Crippen LogP contribution in [0.3, 0.4) is 0 Å². The molecule has 0 bridgehead atoms. The zero-order valence-corrected chi connectivity index (χ0v) is 13.3.